The van der Waals surface area contributed by atoms with Gasteiger partial charge in [-0.15, -0.1) is 0 Å². The van der Waals surface area contributed by atoms with Crippen molar-refractivity contribution in [3.8, 4) is 6.07 Å². The van der Waals surface area contributed by atoms with E-state index in [0.29, 0.717) is 0 Å². The van der Waals surface area contributed by atoms with E-state index < -0.39 is 10.0 Å². The van der Waals surface area contributed by atoms with Crippen molar-refractivity contribution in [2.75, 3.05) is 6.54 Å². The Bertz CT molecular complexity index is 312. The van der Waals surface area contributed by atoms with Gasteiger partial charge in [-0.25, -0.2) is 13.1 Å². The Labute approximate surface area is 105 Å². The van der Waals surface area contributed by atoms with Gasteiger partial charge in [-0.3, -0.25) is 0 Å². The molecule has 0 aliphatic carbocycles. The molecule has 100 valence electrons. The van der Waals surface area contributed by atoms with E-state index in [4.69, 9.17) is 5.26 Å². The van der Waals surface area contributed by atoms with E-state index in [1.54, 1.807) is 0 Å². The van der Waals surface area contributed by atoms with E-state index in [9.17, 15) is 8.42 Å². The average Bonchev–Trinajstić information content (AvgIpc) is 2.29. The lowest BCUT2D eigenvalue weighted by molar-refractivity contribution is 0.529. The van der Waals surface area contributed by atoms with E-state index in [-0.39, 0.29) is 18.2 Å². The number of sulfonamides is 1. The summed E-state index contributed by atoms with van der Waals surface area (Å²) >= 11 is 0. The maximum Gasteiger partial charge on any atom is 0.214 e. The fourth-order valence-electron chi connectivity index (χ4n) is 1.69. The molecule has 0 aromatic rings. The summed E-state index contributed by atoms with van der Waals surface area (Å²) in [5, 5.41) is 8.11. The molecule has 0 unspecified atom stereocenters. The molecule has 0 atom stereocenters. The second-order valence-electron chi connectivity index (χ2n) is 4.25. The lowest BCUT2D eigenvalue weighted by Crippen LogP contribution is -2.35. The maximum absolute atomic E-state index is 12.0. The van der Waals surface area contributed by atoms with E-state index in [1.807, 2.05) is 6.07 Å². The summed E-state index contributed by atoms with van der Waals surface area (Å²) < 4.78 is 26.5. The summed E-state index contributed by atoms with van der Waals surface area (Å²) in [5.74, 6) is 0. The first-order valence-electron chi connectivity index (χ1n) is 6.43. The van der Waals surface area contributed by atoms with Crippen LogP contribution in [-0.4, -0.2) is 20.2 Å². The molecular formula is C12H24N2O2S. The van der Waals surface area contributed by atoms with E-state index >= 15 is 0 Å². The largest absolute Gasteiger partial charge is 0.214 e. The molecule has 0 spiro atoms. The summed E-state index contributed by atoms with van der Waals surface area (Å²) in [6.07, 6.45) is 5.57. The molecule has 1 N–H and O–H groups in total. The van der Waals surface area contributed by atoms with Gasteiger partial charge in [0.1, 0.15) is 0 Å². The smallest absolute Gasteiger partial charge is 0.214 e. The van der Waals surface area contributed by atoms with Gasteiger partial charge in [0, 0.05) is 13.0 Å². The van der Waals surface area contributed by atoms with E-state index in [2.05, 4.69) is 18.6 Å². The molecule has 0 aromatic carbocycles. The van der Waals surface area contributed by atoms with Crippen LogP contribution < -0.4 is 4.72 Å². The zero-order chi connectivity index (χ0) is 13.1. The van der Waals surface area contributed by atoms with Crippen LogP contribution in [-0.2, 0) is 10.0 Å². The topological polar surface area (TPSA) is 70.0 Å². The molecule has 0 heterocycles. The van der Waals surface area contributed by atoms with Crippen molar-refractivity contribution < 1.29 is 8.42 Å². The lowest BCUT2D eigenvalue weighted by atomic mass is 10.1. The zero-order valence-corrected chi connectivity index (χ0v) is 11.7. The molecule has 4 nitrogen and oxygen atoms in total. The van der Waals surface area contributed by atoms with Gasteiger partial charge in [-0.2, -0.15) is 5.26 Å². The first-order valence-corrected chi connectivity index (χ1v) is 7.98. The second-order valence-corrected chi connectivity index (χ2v) is 6.30. The third kappa shape index (κ3) is 7.35. The monoisotopic (exact) mass is 260 g/mol. The Morgan fingerprint density at radius 1 is 1.18 bits per heavy atom. The molecular weight excluding hydrogens is 236 g/mol. The van der Waals surface area contributed by atoms with Crippen LogP contribution in [0.5, 0.6) is 0 Å². The van der Waals surface area contributed by atoms with Crippen LogP contribution in [0.2, 0.25) is 0 Å². The Morgan fingerprint density at radius 2 is 1.71 bits per heavy atom. The van der Waals surface area contributed by atoms with Gasteiger partial charge in [0.05, 0.1) is 11.3 Å². The summed E-state index contributed by atoms with van der Waals surface area (Å²) in [4.78, 5) is 0. The van der Waals surface area contributed by atoms with Gasteiger partial charge in [-0.1, -0.05) is 39.5 Å². The van der Waals surface area contributed by atoms with Crippen molar-refractivity contribution in [3.05, 3.63) is 0 Å². The summed E-state index contributed by atoms with van der Waals surface area (Å²) in [5.41, 5.74) is 0. The number of unbranched alkanes of at least 4 members (excludes halogenated alkanes) is 2. The minimum absolute atomic E-state index is 0.230. The number of hydrogen-bond donors (Lipinski definition) is 1. The van der Waals surface area contributed by atoms with Gasteiger partial charge in [-0.05, 0) is 12.8 Å². The molecule has 5 heteroatoms. The fourth-order valence-corrected chi connectivity index (χ4v) is 3.26. The molecule has 0 saturated carbocycles. The molecule has 0 amide bonds. The second kappa shape index (κ2) is 9.43. The average molecular weight is 260 g/mol. The van der Waals surface area contributed by atoms with Crippen molar-refractivity contribution in [1.29, 1.82) is 5.26 Å². The van der Waals surface area contributed by atoms with Crippen LogP contribution in [0.15, 0.2) is 0 Å². The van der Waals surface area contributed by atoms with Crippen molar-refractivity contribution in [1.82, 2.24) is 4.72 Å². The quantitative estimate of drug-likeness (QED) is 0.614. The molecule has 0 fully saturated rings. The van der Waals surface area contributed by atoms with Gasteiger partial charge < -0.3 is 0 Å². The summed E-state index contributed by atoms with van der Waals surface area (Å²) in [6.45, 7) is 4.35. The van der Waals surface area contributed by atoms with Crippen LogP contribution in [0.3, 0.4) is 0 Å². The molecule has 0 aliphatic heterocycles. The Kier molecular flexibility index (Phi) is 9.10. The number of rotatable bonds is 10. The van der Waals surface area contributed by atoms with Crippen LogP contribution >= 0.6 is 0 Å². The highest BCUT2D eigenvalue weighted by Gasteiger charge is 2.23. The standard InChI is InChI=1S/C12H24N2O2S/c1-3-5-8-12(9-6-4-2)17(15,16)14-11-7-10-13/h12,14H,3-9,11H2,1-2H3. The van der Waals surface area contributed by atoms with Crippen LogP contribution in [0.1, 0.15) is 58.8 Å². The van der Waals surface area contributed by atoms with Crippen molar-refractivity contribution in [3.63, 3.8) is 0 Å². The fraction of sp³-hybridized carbons (Fsp3) is 0.917. The van der Waals surface area contributed by atoms with Crippen LogP contribution in [0, 0.1) is 11.3 Å². The zero-order valence-electron chi connectivity index (χ0n) is 10.9. The molecule has 0 rings (SSSR count). The van der Waals surface area contributed by atoms with Gasteiger partial charge >= 0.3 is 0 Å². The van der Waals surface area contributed by atoms with Gasteiger partial charge in [0.2, 0.25) is 10.0 Å². The lowest BCUT2D eigenvalue weighted by Gasteiger charge is -2.17. The van der Waals surface area contributed by atoms with Gasteiger partial charge in [0.15, 0.2) is 0 Å². The van der Waals surface area contributed by atoms with E-state index in [1.165, 1.54) is 0 Å². The Balaban J connectivity index is 4.36. The minimum Gasteiger partial charge on any atom is -0.214 e. The van der Waals surface area contributed by atoms with E-state index in [0.717, 1.165) is 38.5 Å². The Hall–Kier alpha value is -0.600. The van der Waals surface area contributed by atoms with Crippen molar-refractivity contribution >= 4 is 10.0 Å². The normalized spacial score (nSPS) is 11.6. The first kappa shape index (κ1) is 16.4. The summed E-state index contributed by atoms with van der Waals surface area (Å²) in [7, 11) is -3.24. The van der Waals surface area contributed by atoms with Crippen molar-refractivity contribution in [2.45, 2.75) is 64.0 Å². The third-order valence-electron chi connectivity index (χ3n) is 2.74. The highest BCUT2D eigenvalue weighted by atomic mass is 32.2. The molecule has 0 bridgehead atoms. The minimum atomic E-state index is -3.24. The van der Waals surface area contributed by atoms with Gasteiger partial charge in [0.25, 0.3) is 0 Å². The number of nitrogens with zero attached hydrogens (tertiary/aromatic N) is 1. The van der Waals surface area contributed by atoms with Crippen molar-refractivity contribution in [2.24, 2.45) is 0 Å². The summed E-state index contributed by atoms with van der Waals surface area (Å²) in [6, 6.07) is 1.94. The maximum atomic E-state index is 12.0. The number of nitriles is 1. The SMILES string of the molecule is CCCCC(CCCC)S(=O)(=O)NCCC#N. The highest BCUT2D eigenvalue weighted by molar-refractivity contribution is 7.90. The predicted molar refractivity (Wildman–Crippen MR) is 70.0 cm³/mol. The molecule has 0 aliphatic rings. The first-order chi connectivity index (χ1) is 8.08. The molecule has 0 saturated heterocycles. The van der Waals surface area contributed by atoms with Crippen LogP contribution in [0.4, 0.5) is 0 Å². The van der Waals surface area contributed by atoms with Crippen LogP contribution in [0.25, 0.3) is 0 Å². The highest BCUT2D eigenvalue weighted by Crippen LogP contribution is 2.16. The number of hydrogen-bond acceptors (Lipinski definition) is 3. The predicted octanol–water partition coefficient (Wildman–Crippen LogP) is 2.57. The molecule has 0 radical (unpaired) electrons. The Morgan fingerprint density at radius 3 is 2.12 bits per heavy atom. The third-order valence-corrected chi connectivity index (χ3v) is 4.69. The number of nitrogens with one attached hydrogen (secondary N) is 1. The molecule has 0 aromatic heterocycles. The molecule has 17 heavy (non-hydrogen) atoms.